The highest BCUT2D eigenvalue weighted by Crippen LogP contribution is 2.33. The molecule has 0 aliphatic carbocycles. The molecule has 0 fully saturated rings. The predicted molar refractivity (Wildman–Crippen MR) is 107 cm³/mol. The van der Waals surface area contributed by atoms with Crippen LogP contribution in [0.5, 0.6) is 5.88 Å². The monoisotopic (exact) mass is 368 g/mol. The normalized spacial score (nSPS) is 12.7. The Hall–Kier alpha value is -2.47. The van der Waals surface area contributed by atoms with Gasteiger partial charge in [-0.1, -0.05) is 20.8 Å². The van der Waals surface area contributed by atoms with Crippen molar-refractivity contribution >= 4 is 11.2 Å². The van der Waals surface area contributed by atoms with E-state index in [1.54, 1.807) is 7.11 Å². The van der Waals surface area contributed by atoms with Gasteiger partial charge in [0.25, 0.3) is 0 Å². The molecule has 0 aliphatic rings. The minimum atomic E-state index is 0.160. The first-order valence-corrected chi connectivity index (χ1v) is 9.37. The fourth-order valence-electron chi connectivity index (χ4n) is 3.36. The number of hydrogen-bond donors (Lipinski definition) is 1. The zero-order valence-electron chi connectivity index (χ0n) is 16.9. The van der Waals surface area contributed by atoms with Crippen LogP contribution >= 0.6 is 0 Å². The van der Waals surface area contributed by atoms with Crippen LogP contribution in [0.3, 0.4) is 0 Å². The lowest BCUT2D eigenvalue weighted by atomic mass is 10.0. The van der Waals surface area contributed by atoms with Crippen LogP contribution in [0, 0.1) is 6.92 Å². The first-order valence-electron chi connectivity index (χ1n) is 9.37. The molecule has 3 aromatic heterocycles. The van der Waals surface area contributed by atoms with E-state index in [0.717, 1.165) is 39.4 Å². The maximum Gasteiger partial charge on any atom is 0.222 e. The number of rotatable bonds is 6. The molecule has 0 saturated carbocycles. The molecule has 0 unspecified atom stereocenters. The highest BCUT2D eigenvalue weighted by Gasteiger charge is 2.20. The summed E-state index contributed by atoms with van der Waals surface area (Å²) in [6.45, 7) is 8.45. The summed E-state index contributed by atoms with van der Waals surface area (Å²) in [4.78, 5) is 14.4. The Morgan fingerprint density at radius 3 is 2.52 bits per heavy atom. The van der Waals surface area contributed by atoms with Gasteiger partial charge in [-0.2, -0.15) is 0 Å². The van der Waals surface area contributed by atoms with E-state index >= 15 is 0 Å². The minimum Gasteiger partial charge on any atom is -0.480 e. The van der Waals surface area contributed by atoms with Gasteiger partial charge in [-0.3, -0.25) is 0 Å². The summed E-state index contributed by atoms with van der Waals surface area (Å²) < 4.78 is 7.55. The Bertz CT molecular complexity index is 962. The molecular weight excluding hydrogens is 340 g/mol. The zero-order chi connectivity index (χ0) is 19.7. The molecule has 0 aliphatic heterocycles. The summed E-state index contributed by atoms with van der Waals surface area (Å²) in [5, 5.41) is 9.28. The van der Waals surface area contributed by atoms with Gasteiger partial charge >= 0.3 is 0 Å². The van der Waals surface area contributed by atoms with E-state index in [9.17, 15) is 5.11 Å². The Balaban J connectivity index is 2.17. The van der Waals surface area contributed by atoms with E-state index in [2.05, 4.69) is 32.0 Å². The van der Waals surface area contributed by atoms with E-state index in [-0.39, 0.29) is 12.5 Å². The van der Waals surface area contributed by atoms with E-state index < -0.39 is 0 Å². The second-order valence-corrected chi connectivity index (χ2v) is 7.39. The third kappa shape index (κ3) is 3.54. The molecule has 0 spiro atoms. The van der Waals surface area contributed by atoms with Crippen LogP contribution in [0.15, 0.2) is 18.3 Å². The summed E-state index contributed by atoms with van der Waals surface area (Å²) in [5.74, 6) is 1.12. The molecule has 144 valence electrons. The van der Waals surface area contributed by atoms with E-state index in [1.807, 2.05) is 30.7 Å². The maximum absolute atomic E-state index is 9.28. The number of fused-ring (bicyclic) bond motifs is 1. The minimum absolute atomic E-state index is 0.160. The highest BCUT2D eigenvalue weighted by molar-refractivity contribution is 5.81. The number of aryl methyl sites for hydroxylation is 2. The second-order valence-electron chi connectivity index (χ2n) is 7.39. The van der Waals surface area contributed by atoms with E-state index in [4.69, 9.17) is 14.7 Å². The topological polar surface area (TPSA) is 73.1 Å². The molecule has 6 nitrogen and oxygen atoms in total. The van der Waals surface area contributed by atoms with Crippen LogP contribution in [0.2, 0.25) is 0 Å². The molecule has 27 heavy (non-hydrogen) atoms. The third-order valence-corrected chi connectivity index (χ3v) is 5.01. The van der Waals surface area contributed by atoms with Crippen LogP contribution in [-0.4, -0.2) is 38.3 Å². The number of aliphatic hydroxyl groups excluding tert-OH is 1. The van der Waals surface area contributed by atoms with Gasteiger partial charge in [0.15, 0.2) is 5.65 Å². The van der Waals surface area contributed by atoms with Gasteiger partial charge < -0.3 is 14.4 Å². The maximum atomic E-state index is 9.28. The number of aliphatic hydroxyl groups is 1. The molecule has 3 aromatic rings. The molecule has 0 saturated heterocycles. The fourth-order valence-corrected chi connectivity index (χ4v) is 3.36. The van der Waals surface area contributed by atoms with Gasteiger partial charge in [0.1, 0.15) is 5.52 Å². The largest absolute Gasteiger partial charge is 0.480 e. The molecule has 6 heteroatoms. The Labute approximate surface area is 160 Å². The van der Waals surface area contributed by atoms with Crippen LogP contribution in [0.4, 0.5) is 0 Å². The van der Waals surface area contributed by atoms with Crippen molar-refractivity contribution in [2.45, 2.75) is 46.0 Å². The lowest BCUT2D eigenvalue weighted by Crippen LogP contribution is -2.02. The Morgan fingerprint density at radius 2 is 1.89 bits per heavy atom. The molecule has 3 heterocycles. The standard InChI is InChI=1S/C21H28N4O2/c1-12(2)17-8-7-15(21(23-17)27-6)18-14(4)22-19-16(13(3)9-10-26)11-25(5)20(19)24-18/h7-8,11-13,26H,9-10H2,1-6H3/t13-/m1/s1. The van der Waals surface area contributed by atoms with Crippen molar-refractivity contribution in [1.29, 1.82) is 0 Å². The number of nitrogens with zero attached hydrogens (tertiary/aromatic N) is 4. The molecular formula is C21H28N4O2. The molecule has 3 rings (SSSR count). The third-order valence-electron chi connectivity index (χ3n) is 5.01. The lowest BCUT2D eigenvalue weighted by molar-refractivity contribution is 0.279. The van der Waals surface area contributed by atoms with Gasteiger partial charge in [0, 0.05) is 31.1 Å². The van der Waals surface area contributed by atoms with Crippen molar-refractivity contribution in [3.05, 3.63) is 35.3 Å². The molecule has 0 amide bonds. The molecule has 0 aromatic carbocycles. The predicted octanol–water partition coefficient (Wildman–Crippen LogP) is 3.96. The van der Waals surface area contributed by atoms with Crippen LogP contribution in [0.25, 0.3) is 22.4 Å². The van der Waals surface area contributed by atoms with Gasteiger partial charge in [-0.05, 0) is 37.3 Å². The van der Waals surface area contributed by atoms with Crippen molar-refractivity contribution < 1.29 is 9.84 Å². The average Bonchev–Trinajstić information content (AvgIpc) is 2.96. The molecule has 0 bridgehead atoms. The van der Waals surface area contributed by atoms with Crippen molar-refractivity contribution in [3.63, 3.8) is 0 Å². The van der Waals surface area contributed by atoms with Crippen molar-refractivity contribution in [3.8, 4) is 17.1 Å². The number of hydrogen-bond acceptors (Lipinski definition) is 5. The van der Waals surface area contributed by atoms with E-state index in [0.29, 0.717) is 18.2 Å². The van der Waals surface area contributed by atoms with E-state index in [1.165, 1.54) is 0 Å². The Kier molecular flexibility index (Phi) is 5.46. The van der Waals surface area contributed by atoms with Gasteiger partial charge in [0.2, 0.25) is 5.88 Å². The SMILES string of the molecule is COc1nc(C(C)C)ccc1-c1nc2c(nc1C)c([C@H](C)CCO)cn2C. The second kappa shape index (κ2) is 7.64. The lowest BCUT2D eigenvalue weighted by Gasteiger charge is -2.13. The van der Waals surface area contributed by atoms with Gasteiger partial charge in [-0.15, -0.1) is 0 Å². The van der Waals surface area contributed by atoms with Gasteiger partial charge in [0.05, 0.1) is 24.1 Å². The van der Waals surface area contributed by atoms with Crippen molar-refractivity contribution in [1.82, 2.24) is 19.5 Å². The quantitative estimate of drug-likeness (QED) is 0.713. The average molecular weight is 368 g/mol. The van der Waals surface area contributed by atoms with Crippen LogP contribution < -0.4 is 4.74 Å². The van der Waals surface area contributed by atoms with Crippen LogP contribution in [-0.2, 0) is 7.05 Å². The number of aromatic nitrogens is 4. The summed E-state index contributed by atoms with van der Waals surface area (Å²) in [6.07, 6.45) is 2.77. The Morgan fingerprint density at radius 1 is 1.15 bits per heavy atom. The number of pyridine rings is 1. The molecule has 0 radical (unpaired) electrons. The molecule has 1 atom stereocenters. The smallest absolute Gasteiger partial charge is 0.222 e. The zero-order valence-corrected chi connectivity index (χ0v) is 16.9. The van der Waals surface area contributed by atoms with Crippen LogP contribution in [0.1, 0.15) is 56.0 Å². The summed E-state index contributed by atoms with van der Waals surface area (Å²) in [6, 6.07) is 4.04. The first kappa shape index (κ1) is 19.3. The summed E-state index contributed by atoms with van der Waals surface area (Å²) >= 11 is 0. The number of methoxy groups -OCH3 is 1. The van der Waals surface area contributed by atoms with Crippen molar-refractivity contribution in [2.24, 2.45) is 7.05 Å². The first-order chi connectivity index (χ1) is 12.9. The fraction of sp³-hybridized carbons (Fsp3) is 0.476. The van der Waals surface area contributed by atoms with Gasteiger partial charge in [-0.25, -0.2) is 15.0 Å². The number of ether oxygens (including phenoxy) is 1. The summed E-state index contributed by atoms with van der Waals surface area (Å²) in [7, 11) is 3.61. The highest BCUT2D eigenvalue weighted by atomic mass is 16.5. The molecule has 1 N–H and O–H groups in total. The summed E-state index contributed by atoms with van der Waals surface area (Å²) in [5.41, 5.74) is 6.29. The van der Waals surface area contributed by atoms with Crippen molar-refractivity contribution in [2.75, 3.05) is 13.7 Å².